The number of esters is 1. The van der Waals surface area contributed by atoms with E-state index in [9.17, 15) is 18.0 Å². The molecule has 0 aromatic heterocycles. The van der Waals surface area contributed by atoms with Crippen LogP contribution in [0.4, 0.5) is 11.4 Å². The van der Waals surface area contributed by atoms with Crippen LogP contribution in [0.15, 0.2) is 77.7 Å². The molecule has 0 heterocycles. The molecule has 0 radical (unpaired) electrons. The molecule has 1 amide bonds. The van der Waals surface area contributed by atoms with Crippen molar-refractivity contribution in [3.05, 3.63) is 83.4 Å². The van der Waals surface area contributed by atoms with Gasteiger partial charge in [-0.3, -0.25) is 9.10 Å². The summed E-state index contributed by atoms with van der Waals surface area (Å²) in [7, 11) is -1.26. The lowest BCUT2D eigenvalue weighted by Gasteiger charge is -2.22. The lowest BCUT2D eigenvalue weighted by atomic mass is 10.2. The van der Waals surface area contributed by atoms with Gasteiger partial charge in [-0.25, -0.2) is 13.2 Å². The molecule has 0 saturated heterocycles. The van der Waals surface area contributed by atoms with Crippen molar-refractivity contribution in [2.24, 2.45) is 0 Å². The molecule has 1 N–H and O–H groups in total. The third-order valence-electron chi connectivity index (χ3n) is 4.63. The number of carbonyl (C=O) groups excluding carboxylic acids is 2. The molecule has 10 heteroatoms. The number of amides is 1. The van der Waals surface area contributed by atoms with Gasteiger partial charge in [-0.1, -0.05) is 41.9 Å². The van der Waals surface area contributed by atoms with Crippen molar-refractivity contribution in [3.63, 3.8) is 0 Å². The van der Waals surface area contributed by atoms with E-state index in [1.54, 1.807) is 54.6 Å². The number of ether oxygens (including phenoxy) is 2. The van der Waals surface area contributed by atoms with Gasteiger partial charge < -0.3 is 14.8 Å². The van der Waals surface area contributed by atoms with E-state index in [0.717, 1.165) is 10.4 Å². The number of carbonyl (C=O) groups is 2. The molecule has 0 atom stereocenters. The van der Waals surface area contributed by atoms with Crippen LogP contribution in [0.5, 0.6) is 5.75 Å². The third-order valence-corrected chi connectivity index (χ3v) is 6.73. The zero-order valence-electron chi connectivity index (χ0n) is 17.8. The molecule has 0 saturated carbocycles. The molecule has 0 fully saturated rings. The maximum absolute atomic E-state index is 13.2. The number of methoxy groups -OCH3 is 1. The van der Waals surface area contributed by atoms with E-state index in [-0.39, 0.29) is 15.5 Å². The highest BCUT2D eigenvalue weighted by atomic mass is 35.5. The van der Waals surface area contributed by atoms with Crippen molar-refractivity contribution in [2.45, 2.75) is 4.90 Å². The number of hydrogen-bond donors (Lipinski definition) is 1. The van der Waals surface area contributed by atoms with Gasteiger partial charge in [0.2, 0.25) is 0 Å². The van der Waals surface area contributed by atoms with Crippen molar-refractivity contribution in [1.82, 2.24) is 0 Å². The molecule has 0 aliphatic rings. The molecule has 0 spiro atoms. The number of anilines is 2. The summed E-state index contributed by atoms with van der Waals surface area (Å²) in [6.07, 6.45) is 0. The molecule has 8 nitrogen and oxygen atoms in total. The summed E-state index contributed by atoms with van der Waals surface area (Å²) < 4.78 is 37.6. The highest BCUT2D eigenvalue weighted by Gasteiger charge is 2.26. The van der Waals surface area contributed by atoms with Crippen LogP contribution in [0, 0.1) is 0 Å². The summed E-state index contributed by atoms with van der Waals surface area (Å²) in [6, 6.07) is 18.9. The monoisotopic (exact) mass is 488 g/mol. The van der Waals surface area contributed by atoms with Crippen LogP contribution >= 0.6 is 11.6 Å². The maximum atomic E-state index is 13.2. The molecular formula is C23H21ClN2O6S. The molecule has 3 rings (SSSR count). The largest absolute Gasteiger partial charge is 0.495 e. The second-order valence-corrected chi connectivity index (χ2v) is 9.15. The molecule has 3 aromatic carbocycles. The predicted molar refractivity (Wildman–Crippen MR) is 125 cm³/mol. The lowest BCUT2D eigenvalue weighted by Crippen LogP contribution is -2.27. The minimum atomic E-state index is -4.06. The molecule has 3 aromatic rings. The van der Waals surface area contributed by atoms with E-state index >= 15 is 0 Å². The van der Waals surface area contributed by atoms with E-state index in [0.29, 0.717) is 17.1 Å². The number of halogens is 1. The summed E-state index contributed by atoms with van der Waals surface area (Å²) in [6.45, 7) is -0.567. The van der Waals surface area contributed by atoms with Gasteiger partial charge in [-0.15, -0.1) is 0 Å². The SMILES string of the molecule is COc1ccccc1N(C)S(=O)(=O)c1ccc(Cl)c(C(=O)OCC(=O)Nc2ccccc2)c1. The molecule has 0 unspecified atom stereocenters. The van der Waals surface area contributed by atoms with Gasteiger partial charge in [0, 0.05) is 12.7 Å². The normalized spacial score (nSPS) is 10.9. The number of para-hydroxylation sites is 3. The quantitative estimate of drug-likeness (QED) is 0.481. The van der Waals surface area contributed by atoms with Gasteiger partial charge in [0.05, 0.1) is 28.3 Å². The predicted octanol–water partition coefficient (Wildman–Crippen LogP) is 3.97. The summed E-state index contributed by atoms with van der Waals surface area (Å²) in [4.78, 5) is 24.4. The van der Waals surface area contributed by atoms with Crippen LogP contribution < -0.4 is 14.4 Å². The average Bonchev–Trinajstić information content (AvgIpc) is 2.82. The molecule has 0 bridgehead atoms. The Hall–Kier alpha value is -3.56. The summed E-state index contributed by atoms with van der Waals surface area (Å²) in [5.74, 6) is -1.12. The summed E-state index contributed by atoms with van der Waals surface area (Å²) in [5.41, 5.74) is 0.680. The minimum Gasteiger partial charge on any atom is -0.495 e. The van der Waals surface area contributed by atoms with Crippen LogP contribution in [0.1, 0.15) is 10.4 Å². The van der Waals surface area contributed by atoms with Gasteiger partial charge in [0.25, 0.3) is 15.9 Å². The van der Waals surface area contributed by atoms with Crippen LogP contribution in [0.2, 0.25) is 5.02 Å². The molecule has 0 aliphatic heterocycles. The number of rotatable bonds is 8. The van der Waals surface area contributed by atoms with Crippen LogP contribution in [-0.4, -0.2) is 41.1 Å². The number of hydrogen-bond acceptors (Lipinski definition) is 6. The third kappa shape index (κ3) is 5.63. The van der Waals surface area contributed by atoms with Crippen molar-refractivity contribution >= 4 is 44.9 Å². The van der Waals surface area contributed by atoms with Crippen LogP contribution in [0.3, 0.4) is 0 Å². The van der Waals surface area contributed by atoms with Gasteiger partial charge in [0.1, 0.15) is 5.75 Å². The van der Waals surface area contributed by atoms with Crippen molar-refractivity contribution in [1.29, 1.82) is 0 Å². The zero-order chi connectivity index (χ0) is 24.0. The van der Waals surface area contributed by atoms with Gasteiger partial charge in [0.15, 0.2) is 6.61 Å². The number of sulfonamides is 1. The highest BCUT2D eigenvalue weighted by Crippen LogP contribution is 2.32. The Balaban J connectivity index is 1.78. The van der Waals surface area contributed by atoms with E-state index in [1.807, 2.05) is 0 Å². The molecule has 172 valence electrons. The Morgan fingerprint density at radius 2 is 1.67 bits per heavy atom. The first-order chi connectivity index (χ1) is 15.7. The van der Waals surface area contributed by atoms with Crippen molar-refractivity contribution in [2.75, 3.05) is 30.4 Å². The standard InChI is InChI=1S/C23H21ClN2O6S/c1-26(20-10-6-7-11-21(20)31-2)33(29,30)17-12-13-19(24)18(14-17)23(28)32-15-22(27)25-16-8-4-3-5-9-16/h3-14H,15H2,1-2H3,(H,25,27). The molecule has 33 heavy (non-hydrogen) atoms. The Morgan fingerprint density at radius 3 is 2.36 bits per heavy atom. The Morgan fingerprint density at radius 1 is 1.00 bits per heavy atom. The van der Waals surface area contributed by atoms with E-state index < -0.39 is 28.5 Å². The van der Waals surface area contributed by atoms with E-state index in [1.165, 1.54) is 26.3 Å². The molecular weight excluding hydrogens is 468 g/mol. The first-order valence-corrected chi connectivity index (χ1v) is 11.5. The number of nitrogens with zero attached hydrogens (tertiary/aromatic N) is 1. The van der Waals surface area contributed by atoms with Gasteiger partial charge in [-0.2, -0.15) is 0 Å². The second kappa shape index (κ2) is 10.4. The van der Waals surface area contributed by atoms with Crippen LogP contribution in [0.25, 0.3) is 0 Å². The molecule has 0 aliphatic carbocycles. The zero-order valence-corrected chi connectivity index (χ0v) is 19.4. The fraction of sp³-hybridized carbons (Fsp3) is 0.130. The highest BCUT2D eigenvalue weighted by molar-refractivity contribution is 7.92. The topological polar surface area (TPSA) is 102 Å². The first-order valence-electron chi connectivity index (χ1n) is 9.67. The Bertz CT molecular complexity index is 1260. The van der Waals surface area contributed by atoms with E-state index in [2.05, 4.69) is 5.32 Å². The fourth-order valence-corrected chi connectivity index (χ4v) is 4.35. The number of benzene rings is 3. The first kappa shape index (κ1) is 24.1. The Labute approximate surface area is 196 Å². The maximum Gasteiger partial charge on any atom is 0.340 e. The van der Waals surface area contributed by atoms with E-state index in [4.69, 9.17) is 21.1 Å². The lowest BCUT2D eigenvalue weighted by molar-refractivity contribution is -0.119. The van der Waals surface area contributed by atoms with Gasteiger partial charge in [-0.05, 0) is 42.5 Å². The second-order valence-electron chi connectivity index (χ2n) is 6.78. The fourth-order valence-electron chi connectivity index (χ4n) is 2.93. The smallest absolute Gasteiger partial charge is 0.340 e. The minimum absolute atomic E-state index is 0.0117. The van der Waals surface area contributed by atoms with Crippen molar-refractivity contribution in [3.8, 4) is 5.75 Å². The summed E-state index contributed by atoms with van der Waals surface area (Å²) >= 11 is 6.10. The van der Waals surface area contributed by atoms with Crippen LogP contribution in [-0.2, 0) is 19.6 Å². The van der Waals surface area contributed by atoms with Gasteiger partial charge >= 0.3 is 5.97 Å². The number of nitrogens with one attached hydrogen (secondary N) is 1. The average molecular weight is 489 g/mol. The van der Waals surface area contributed by atoms with Crippen molar-refractivity contribution < 1.29 is 27.5 Å². The summed E-state index contributed by atoms with van der Waals surface area (Å²) in [5, 5.41) is 2.57. The Kier molecular flexibility index (Phi) is 7.57.